The van der Waals surface area contributed by atoms with E-state index in [1.807, 2.05) is 6.92 Å². The molecule has 0 saturated carbocycles. The van der Waals surface area contributed by atoms with Gasteiger partial charge in [0.15, 0.2) is 0 Å². The van der Waals surface area contributed by atoms with Crippen LogP contribution < -0.4 is 0 Å². The number of hydrogen-bond donors (Lipinski definition) is 1. The number of nitrogens with zero attached hydrogens (tertiary/aromatic N) is 1. The lowest BCUT2D eigenvalue weighted by atomic mass is 10.1. The normalized spacial score (nSPS) is 28.8. The minimum Gasteiger partial charge on any atom is -0.392 e. The predicted octanol–water partition coefficient (Wildman–Crippen LogP) is 0.478. The first-order chi connectivity index (χ1) is 5.72. The molecule has 3 nitrogen and oxygen atoms in total. The summed E-state index contributed by atoms with van der Waals surface area (Å²) in [6.45, 7) is 4.68. The Bertz CT molecular complexity index is 128. The monoisotopic (exact) mass is 173 g/mol. The van der Waals surface area contributed by atoms with Crippen molar-refractivity contribution >= 4 is 0 Å². The van der Waals surface area contributed by atoms with E-state index in [0.29, 0.717) is 6.10 Å². The van der Waals surface area contributed by atoms with Gasteiger partial charge in [0.05, 0.1) is 12.2 Å². The number of ether oxygens (including phenoxy) is 1. The maximum atomic E-state index is 9.18. The van der Waals surface area contributed by atoms with Crippen molar-refractivity contribution in [3.05, 3.63) is 0 Å². The zero-order valence-corrected chi connectivity index (χ0v) is 7.99. The Labute approximate surface area is 74.3 Å². The molecule has 12 heavy (non-hydrogen) atoms. The molecule has 0 aromatic heterocycles. The first-order valence-corrected chi connectivity index (χ1v) is 4.65. The van der Waals surface area contributed by atoms with Gasteiger partial charge in [0.2, 0.25) is 0 Å². The first kappa shape index (κ1) is 9.96. The number of β-amino-alcohol motifs (C(OH)–C–C–N with tert-alkyl or cyclic N) is 1. The summed E-state index contributed by atoms with van der Waals surface area (Å²) in [5, 5.41) is 9.18. The quantitative estimate of drug-likeness (QED) is 0.673. The van der Waals surface area contributed by atoms with E-state index in [9.17, 15) is 5.11 Å². The lowest BCUT2D eigenvalue weighted by Crippen LogP contribution is -2.42. The van der Waals surface area contributed by atoms with Gasteiger partial charge in [-0.15, -0.1) is 0 Å². The van der Waals surface area contributed by atoms with Crippen LogP contribution >= 0.6 is 0 Å². The lowest BCUT2D eigenvalue weighted by Gasteiger charge is -2.32. The summed E-state index contributed by atoms with van der Waals surface area (Å²) in [5.41, 5.74) is 0. The lowest BCUT2D eigenvalue weighted by molar-refractivity contribution is 0.0159. The van der Waals surface area contributed by atoms with Crippen LogP contribution in [0.25, 0.3) is 0 Å². The van der Waals surface area contributed by atoms with Crippen molar-refractivity contribution in [3.63, 3.8) is 0 Å². The Morgan fingerprint density at radius 1 is 1.67 bits per heavy atom. The van der Waals surface area contributed by atoms with Crippen molar-refractivity contribution in [2.24, 2.45) is 0 Å². The molecule has 0 radical (unpaired) electrons. The van der Waals surface area contributed by atoms with E-state index in [-0.39, 0.29) is 6.10 Å². The molecule has 0 spiro atoms. The van der Waals surface area contributed by atoms with Crippen molar-refractivity contribution in [2.75, 3.05) is 26.7 Å². The molecular formula is C9H19NO2. The number of likely N-dealkylation sites (tertiary alicyclic amines) is 1. The number of piperidine rings is 1. The molecule has 72 valence electrons. The molecule has 0 bridgehead atoms. The van der Waals surface area contributed by atoms with Gasteiger partial charge in [-0.2, -0.15) is 0 Å². The summed E-state index contributed by atoms with van der Waals surface area (Å²) < 4.78 is 5.28. The molecule has 1 aliphatic rings. The first-order valence-electron chi connectivity index (χ1n) is 4.65. The van der Waals surface area contributed by atoms with Crippen molar-refractivity contribution in [1.29, 1.82) is 0 Å². The molecule has 1 unspecified atom stereocenters. The van der Waals surface area contributed by atoms with Crippen LogP contribution in [-0.2, 0) is 4.74 Å². The van der Waals surface area contributed by atoms with Crippen LogP contribution in [0.1, 0.15) is 19.8 Å². The van der Waals surface area contributed by atoms with Gasteiger partial charge in [-0.3, -0.25) is 4.90 Å². The summed E-state index contributed by atoms with van der Waals surface area (Å²) in [6.07, 6.45) is 2.50. The highest BCUT2D eigenvalue weighted by Gasteiger charge is 2.19. The molecule has 0 aromatic carbocycles. The third-order valence-electron chi connectivity index (χ3n) is 2.32. The topological polar surface area (TPSA) is 32.7 Å². The van der Waals surface area contributed by atoms with Crippen molar-refractivity contribution < 1.29 is 9.84 Å². The molecule has 1 heterocycles. The average Bonchev–Trinajstić information content (AvgIpc) is 2.03. The molecule has 1 fully saturated rings. The summed E-state index contributed by atoms with van der Waals surface area (Å²) in [6, 6.07) is 0. The molecule has 1 rings (SSSR count). The van der Waals surface area contributed by atoms with Crippen LogP contribution in [0.3, 0.4) is 0 Å². The Kier molecular flexibility index (Phi) is 3.98. The number of aliphatic hydroxyl groups is 1. The zero-order chi connectivity index (χ0) is 8.97. The summed E-state index contributed by atoms with van der Waals surface area (Å²) in [4.78, 5) is 2.27. The second-order valence-electron chi connectivity index (χ2n) is 3.61. The van der Waals surface area contributed by atoms with E-state index in [0.717, 1.165) is 26.1 Å². The molecule has 0 aromatic rings. The maximum Gasteiger partial charge on any atom is 0.0698 e. The van der Waals surface area contributed by atoms with E-state index in [1.54, 1.807) is 7.11 Å². The molecule has 0 amide bonds. The molecule has 0 aliphatic carbocycles. The minimum atomic E-state index is -0.222. The predicted molar refractivity (Wildman–Crippen MR) is 48.2 cm³/mol. The average molecular weight is 173 g/mol. The van der Waals surface area contributed by atoms with Crippen molar-refractivity contribution in [1.82, 2.24) is 4.90 Å². The SMILES string of the molecule is COC1CCCN(C[C@H](C)O)C1. The fourth-order valence-electron chi connectivity index (χ4n) is 1.75. The second kappa shape index (κ2) is 4.80. The minimum absolute atomic E-state index is 0.222. The van der Waals surface area contributed by atoms with E-state index in [1.165, 1.54) is 6.42 Å². The van der Waals surface area contributed by atoms with Gasteiger partial charge in [-0.1, -0.05) is 0 Å². The van der Waals surface area contributed by atoms with Gasteiger partial charge in [0.25, 0.3) is 0 Å². The van der Waals surface area contributed by atoms with Crippen LogP contribution in [0.15, 0.2) is 0 Å². The van der Waals surface area contributed by atoms with Crippen LogP contribution in [0.5, 0.6) is 0 Å². The highest BCUT2D eigenvalue weighted by molar-refractivity contribution is 4.73. The standard InChI is InChI=1S/C9H19NO2/c1-8(11)6-10-5-3-4-9(7-10)12-2/h8-9,11H,3-7H2,1-2H3/t8-,9?/m0/s1. The van der Waals surface area contributed by atoms with Gasteiger partial charge in [-0.05, 0) is 26.3 Å². The molecule has 3 heteroatoms. The number of hydrogen-bond acceptors (Lipinski definition) is 3. The van der Waals surface area contributed by atoms with Crippen LogP contribution in [0.2, 0.25) is 0 Å². The Hall–Kier alpha value is -0.120. The third kappa shape index (κ3) is 3.09. The fourth-order valence-corrected chi connectivity index (χ4v) is 1.75. The smallest absolute Gasteiger partial charge is 0.0698 e. The Morgan fingerprint density at radius 2 is 2.42 bits per heavy atom. The molecule has 2 atom stereocenters. The molecule has 1 saturated heterocycles. The maximum absolute atomic E-state index is 9.18. The van der Waals surface area contributed by atoms with E-state index in [4.69, 9.17) is 4.74 Å². The summed E-state index contributed by atoms with van der Waals surface area (Å²) in [7, 11) is 1.76. The van der Waals surface area contributed by atoms with Crippen molar-refractivity contribution in [2.45, 2.75) is 32.0 Å². The fraction of sp³-hybridized carbons (Fsp3) is 1.00. The van der Waals surface area contributed by atoms with Gasteiger partial charge < -0.3 is 9.84 Å². The Morgan fingerprint density at radius 3 is 3.00 bits per heavy atom. The zero-order valence-electron chi connectivity index (χ0n) is 7.99. The van der Waals surface area contributed by atoms with Crippen LogP contribution in [0, 0.1) is 0 Å². The van der Waals surface area contributed by atoms with E-state index < -0.39 is 0 Å². The highest BCUT2D eigenvalue weighted by atomic mass is 16.5. The molecule has 1 N–H and O–H groups in total. The third-order valence-corrected chi connectivity index (χ3v) is 2.32. The van der Waals surface area contributed by atoms with Gasteiger partial charge in [0, 0.05) is 20.2 Å². The number of methoxy groups -OCH3 is 1. The van der Waals surface area contributed by atoms with Crippen LogP contribution in [0.4, 0.5) is 0 Å². The summed E-state index contributed by atoms with van der Waals surface area (Å²) in [5.74, 6) is 0. The van der Waals surface area contributed by atoms with Gasteiger partial charge in [-0.25, -0.2) is 0 Å². The van der Waals surface area contributed by atoms with E-state index >= 15 is 0 Å². The van der Waals surface area contributed by atoms with E-state index in [2.05, 4.69) is 4.90 Å². The van der Waals surface area contributed by atoms with Crippen molar-refractivity contribution in [3.8, 4) is 0 Å². The summed E-state index contributed by atoms with van der Waals surface area (Å²) >= 11 is 0. The molecule has 1 aliphatic heterocycles. The second-order valence-corrected chi connectivity index (χ2v) is 3.61. The number of rotatable bonds is 3. The largest absolute Gasteiger partial charge is 0.392 e. The van der Waals surface area contributed by atoms with Gasteiger partial charge in [0.1, 0.15) is 0 Å². The van der Waals surface area contributed by atoms with Gasteiger partial charge >= 0.3 is 0 Å². The Balaban J connectivity index is 2.25. The van der Waals surface area contributed by atoms with Crippen LogP contribution in [-0.4, -0.2) is 49.0 Å². The molecular weight excluding hydrogens is 154 g/mol. The highest BCUT2D eigenvalue weighted by Crippen LogP contribution is 2.12. The number of aliphatic hydroxyl groups excluding tert-OH is 1.